The van der Waals surface area contributed by atoms with E-state index in [2.05, 4.69) is 17.6 Å². The second-order valence-electron chi connectivity index (χ2n) is 6.27. The van der Waals surface area contributed by atoms with Crippen LogP contribution in [-0.4, -0.2) is 42.1 Å². The standard InChI is InChI=1S/C14H29N3O/c1-5-10-17(13(18)16-14(2,3)4)11-12-8-6-7-9-15-12/h12,15H,5-11H2,1-4H3,(H,16,18). The van der Waals surface area contributed by atoms with Gasteiger partial charge in [0.15, 0.2) is 0 Å². The number of nitrogens with zero attached hydrogens (tertiary/aromatic N) is 1. The number of urea groups is 1. The number of rotatable bonds is 4. The van der Waals surface area contributed by atoms with E-state index in [9.17, 15) is 4.79 Å². The summed E-state index contributed by atoms with van der Waals surface area (Å²) in [6.07, 6.45) is 4.73. The van der Waals surface area contributed by atoms with E-state index in [-0.39, 0.29) is 11.6 Å². The van der Waals surface area contributed by atoms with Gasteiger partial charge in [-0.05, 0) is 46.6 Å². The SMILES string of the molecule is CCCN(CC1CCCCN1)C(=O)NC(C)(C)C. The first kappa shape index (κ1) is 15.3. The highest BCUT2D eigenvalue weighted by atomic mass is 16.2. The monoisotopic (exact) mass is 255 g/mol. The molecule has 0 bridgehead atoms. The van der Waals surface area contributed by atoms with Crippen molar-refractivity contribution in [3.63, 3.8) is 0 Å². The van der Waals surface area contributed by atoms with Gasteiger partial charge in [0, 0.05) is 24.7 Å². The summed E-state index contributed by atoms with van der Waals surface area (Å²) in [7, 11) is 0. The van der Waals surface area contributed by atoms with Crippen molar-refractivity contribution < 1.29 is 4.79 Å². The fourth-order valence-electron chi connectivity index (χ4n) is 2.29. The summed E-state index contributed by atoms with van der Waals surface area (Å²) in [4.78, 5) is 14.2. The Labute approximate surface area is 111 Å². The molecule has 1 aliphatic heterocycles. The molecule has 0 aromatic heterocycles. The zero-order chi connectivity index (χ0) is 13.6. The predicted octanol–water partition coefficient (Wildman–Crippen LogP) is 2.35. The van der Waals surface area contributed by atoms with Crippen molar-refractivity contribution in [3.05, 3.63) is 0 Å². The smallest absolute Gasteiger partial charge is 0.317 e. The summed E-state index contributed by atoms with van der Waals surface area (Å²) in [6, 6.07) is 0.535. The normalized spacial score (nSPS) is 20.6. The first-order chi connectivity index (χ1) is 8.42. The number of carbonyl (C=O) groups is 1. The van der Waals surface area contributed by atoms with Crippen LogP contribution in [0.2, 0.25) is 0 Å². The van der Waals surface area contributed by atoms with Gasteiger partial charge < -0.3 is 15.5 Å². The van der Waals surface area contributed by atoms with E-state index in [4.69, 9.17) is 0 Å². The summed E-state index contributed by atoms with van der Waals surface area (Å²) < 4.78 is 0. The average molecular weight is 255 g/mol. The van der Waals surface area contributed by atoms with Gasteiger partial charge in [-0.25, -0.2) is 4.79 Å². The van der Waals surface area contributed by atoms with Crippen molar-refractivity contribution in [2.24, 2.45) is 0 Å². The number of nitrogens with one attached hydrogen (secondary N) is 2. The molecule has 0 radical (unpaired) electrons. The molecule has 1 heterocycles. The van der Waals surface area contributed by atoms with Gasteiger partial charge in [-0.15, -0.1) is 0 Å². The van der Waals surface area contributed by atoms with E-state index in [1.165, 1.54) is 19.3 Å². The minimum Gasteiger partial charge on any atom is -0.333 e. The minimum absolute atomic E-state index is 0.0664. The maximum Gasteiger partial charge on any atom is 0.317 e. The Kier molecular flexibility index (Phi) is 5.93. The van der Waals surface area contributed by atoms with Gasteiger partial charge in [0.05, 0.1) is 0 Å². The number of piperidine rings is 1. The third-order valence-corrected chi connectivity index (χ3v) is 3.12. The number of hydrogen-bond donors (Lipinski definition) is 2. The minimum atomic E-state index is -0.164. The molecule has 1 saturated heterocycles. The molecule has 1 atom stereocenters. The Hall–Kier alpha value is -0.770. The third-order valence-electron chi connectivity index (χ3n) is 3.12. The first-order valence-electron chi connectivity index (χ1n) is 7.23. The van der Waals surface area contributed by atoms with Crippen molar-refractivity contribution in [2.45, 2.75) is 65.0 Å². The zero-order valence-corrected chi connectivity index (χ0v) is 12.4. The maximum atomic E-state index is 12.2. The molecule has 1 aliphatic rings. The molecule has 1 unspecified atom stereocenters. The predicted molar refractivity (Wildman–Crippen MR) is 75.8 cm³/mol. The van der Waals surface area contributed by atoms with Gasteiger partial charge in [0.1, 0.15) is 0 Å². The molecular weight excluding hydrogens is 226 g/mol. The molecule has 0 saturated carbocycles. The van der Waals surface area contributed by atoms with E-state index in [1.807, 2.05) is 25.7 Å². The van der Waals surface area contributed by atoms with Gasteiger partial charge >= 0.3 is 6.03 Å². The van der Waals surface area contributed by atoms with Gasteiger partial charge in [0.25, 0.3) is 0 Å². The quantitative estimate of drug-likeness (QED) is 0.810. The van der Waals surface area contributed by atoms with Crippen LogP contribution in [0.1, 0.15) is 53.4 Å². The Morgan fingerprint density at radius 2 is 2.11 bits per heavy atom. The largest absolute Gasteiger partial charge is 0.333 e. The summed E-state index contributed by atoms with van der Waals surface area (Å²) >= 11 is 0. The Morgan fingerprint density at radius 1 is 1.39 bits per heavy atom. The molecule has 2 amide bonds. The van der Waals surface area contributed by atoms with Crippen molar-refractivity contribution >= 4 is 6.03 Å². The first-order valence-corrected chi connectivity index (χ1v) is 7.23. The third kappa shape index (κ3) is 5.71. The highest BCUT2D eigenvalue weighted by Crippen LogP contribution is 2.10. The summed E-state index contributed by atoms with van der Waals surface area (Å²) in [5, 5.41) is 6.56. The molecule has 18 heavy (non-hydrogen) atoms. The topological polar surface area (TPSA) is 44.4 Å². The lowest BCUT2D eigenvalue weighted by molar-refractivity contribution is 0.178. The summed E-state index contributed by atoms with van der Waals surface area (Å²) in [5.74, 6) is 0. The summed E-state index contributed by atoms with van der Waals surface area (Å²) in [5.41, 5.74) is -0.164. The lowest BCUT2D eigenvalue weighted by Gasteiger charge is -2.33. The maximum absolute atomic E-state index is 12.2. The van der Waals surface area contributed by atoms with Gasteiger partial charge in [0.2, 0.25) is 0 Å². The zero-order valence-electron chi connectivity index (χ0n) is 12.4. The van der Waals surface area contributed by atoms with Crippen LogP contribution in [0.3, 0.4) is 0 Å². The van der Waals surface area contributed by atoms with Crippen LogP contribution in [0.25, 0.3) is 0 Å². The molecular formula is C14H29N3O. The second-order valence-corrected chi connectivity index (χ2v) is 6.27. The lowest BCUT2D eigenvalue weighted by Crippen LogP contribution is -2.53. The van der Waals surface area contributed by atoms with Crippen LogP contribution >= 0.6 is 0 Å². The molecule has 0 aromatic rings. The molecule has 2 N–H and O–H groups in total. The fraction of sp³-hybridized carbons (Fsp3) is 0.929. The van der Waals surface area contributed by atoms with Gasteiger partial charge in [-0.1, -0.05) is 13.3 Å². The Morgan fingerprint density at radius 3 is 2.61 bits per heavy atom. The Bertz CT molecular complexity index is 254. The molecule has 0 spiro atoms. The molecule has 0 aliphatic carbocycles. The summed E-state index contributed by atoms with van der Waals surface area (Å²) in [6.45, 7) is 10.9. The van der Waals surface area contributed by atoms with E-state index in [1.54, 1.807) is 0 Å². The molecule has 1 fully saturated rings. The van der Waals surface area contributed by atoms with Crippen molar-refractivity contribution in [1.29, 1.82) is 0 Å². The second kappa shape index (κ2) is 6.98. The highest BCUT2D eigenvalue weighted by molar-refractivity contribution is 5.75. The van der Waals surface area contributed by atoms with Crippen LogP contribution in [0.15, 0.2) is 0 Å². The van der Waals surface area contributed by atoms with Gasteiger partial charge in [-0.3, -0.25) is 0 Å². The molecule has 0 aromatic carbocycles. The average Bonchev–Trinajstić information content (AvgIpc) is 2.27. The van der Waals surface area contributed by atoms with E-state index in [0.717, 1.165) is 26.1 Å². The molecule has 4 heteroatoms. The fourth-order valence-corrected chi connectivity index (χ4v) is 2.29. The van der Waals surface area contributed by atoms with E-state index >= 15 is 0 Å². The van der Waals surface area contributed by atoms with E-state index in [0.29, 0.717) is 6.04 Å². The highest BCUT2D eigenvalue weighted by Gasteiger charge is 2.22. The van der Waals surface area contributed by atoms with Crippen molar-refractivity contribution in [2.75, 3.05) is 19.6 Å². The number of amides is 2. The van der Waals surface area contributed by atoms with Crippen molar-refractivity contribution in [3.8, 4) is 0 Å². The van der Waals surface area contributed by atoms with Crippen LogP contribution in [-0.2, 0) is 0 Å². The molecule has 106 valence electrons. The van der Waals surface area contributed by atoms with Crippen LogP contribution < -0.4 is 10.6 Å². The van der Waals surface area contributed by atoms with Crippen LogP contribution in [0.5, 0.6) is 0 Å². The van der Waals surface area contributed by atoms with Crippen molar-refractivity contribution in [1.82, 2.24) is 15.5 Å². The van der Waals surface area contributed by atoms with E-state index < -0.39 is 0 Å². The molecule has 4 nitrogen and oxygen atoms in total. The number of hydrogen-bond acceptors (Lipinski definition) is 2. The Balaban J connectivity index is 2.49. The van der Waals surface area contributed by atoms with Crippen LogP contribution in [0, 0.1) is 0 Å². The molecule has 1 rings (SSSR count). The lowest BCUT2D eigenvalue weighted by atomic mass is 10.0. The van der Waals surface area contributed by atoms with Gasteiger partial charge in [-0.2, -0.15) is 0 Å². The number of carbonyl (C=O) groups excluding carboxylic acids is 1. The van der Waals surface area contributed by atoms with Crippen LogP contribution in [0.4, 0.5) is 4.79 Å².